The second-order valence-corrected chi connectivity index (χ2v) is 4.29. The Hall–Kier alpha value is -1.99. The number of nitro groups is 2. The van der Waals surface area contributed by atoms with Crippen molar-refractivity contribution in [2.24, 2.45) is 0 Å². The topological polar surface area (TPSA) is 113 Å². The summed E-state index contributed by atoms with van der Waals surface area (Å²) in [6, 6.07) is 0. The summed E-state index contributed by atoms with van der Waals surface area (Å²) in [7, 11) is 0. The predicted molar refractivity (Wildman–Crippen MR) is 71.3 cm³/mol. The van der Waals surface area contributed by atoms with Crippen LogP contribution in [0.3, 0.4) is 0 Å². The molecule has 0 amide bonds. The highest BCUT2D eigenvalue weighted by Crippen LogP contribution is 2.12. The van der Waals surface area contributed by atoms with Crippen LogP contribution >= 0.6 is 0 Å². The van der Waals surface area contributed by atoms with Gasteiger partial charge in [-0.25, -0.2) is 4.79 Å². The highest BCUT2D eigenvalue weighted by Gasteiger charge is 2.27. The number of rotatable bonds is 10. The summed E-state index contributed by atoms with van der Waals surface area (Å²) in [4.78, 5) is 30.8. The molecule has 0 aliphatic carbocycles. The van der Waals surface area contributed by atoms with Crippen LogP contribution in [-0.2, 0) is 9.53 Å². The molecule has 0 aliphatic rings. The van der Waals surface area contributed by atoms with E-state index in [1.54, 1.807) is 0 Å². The zero-order valence-electron chi connectivity index (χ0n) is 11.7. The third-order valence-electron chi connectivity index (χ3n) is 2.70. The van der Waals surface area contributed by atoms with Crippen LogP contribution < -0.4 is 0 Å². The minimum Gasteiger partial charge on any atom is -0.454 e. The van der Waals surface area contributed by atoms with Crippen LogP contribution in [0, 0.1) is 20.2 Å². The van der Waals surface area contributed by atoms with Crippen molar-refractivity contribution in [3.05, 3.63) is 32.0 Å². The van der Waals surface area contributed by atoms with Gasteiger partial charge in [-0.05, 0) is 19.3 Å². The summed E-state index contributed by atoms with van der Waals surface area (Å²) in [5.41, 5.74) is -0.879. The van der Waals surface area contributed by atoms with Gasteiger partial charge in [0.05, 0.1) is 11.0 Å². The number of hydrogen-bond acceptors (Lipinski definition) is 6. The van der Waals surface area contributed by atoms with Crippen LogP contribution in [0.25, 0.3) is 0 Å². The van der Waals surface area contributed by atoms with E-state index in [1.807, 2.05) is 13.8 Å². The van der Waals surface area contributed by atoms with Crippen molar-refractivity contribution < 1.29 is 19.4 Å². The van der Waals surface area contributed by atoms with E-state index in [-0.39, 0.29) is 0 Å². The third-order valence-corrected chi connectivity index (χ3v) is 2.70. The molecule has 0 aromatic carbocycles. The molecule has 0 bridgehead atoms. The smallest absolute Gasteiger partial charge is 0.410 e. The lowest BCUT2D eigenvalue weighted by atomic mass is 10.1. The molecular weight excluding hydrogens is 268 g/mol. The molecule has 0 aromatic heterocycles. The van der Waals surface area contributed by atoms with Gasteiger partial charge in [-0.1, -0.05) is 26.7 Å². The molecule has 1 atom stereocenters. The first-order valence-corrected chi connectivity index (χ1v) is 6.59. The number of hydrogen-bond donors (Lipinski definition) is 0. The van der Waals surface area contributed by atoms with Crippen LogP contribution in [0.1, 0.15) is 46.0 Å². The average molecular weight is 288 g/mol. The zero-order valence-corrected chi connectivity index (χ0v) is 11.7. The highest BCUT2D eigenvalue weighted by molar-refractivity contribution is 5.85. The quantitative estimate of drug-likeness (QED) is 0.200. The largest absolute Gasteiger partial charge is 0.454 e. The molecule has 114 valence electrons. The summed E-state index contributed by atoms with van der Waals surface area (Å²) in [6.45, 7) is 3.08. The fourth-order valence-electron chi connectivity index (χ4n) is 1.57. The van der Waals surface area contributed by atoms with Crippen LogP contribution in [0.4, 0.5) is 0 Å². The van der Waals surface area contributed by atoms with E-state index < -0.39 is 34.2 Å². The molecule has 0 aromatic rings. The van der Waals surface area contributed by atoms with E-state index >= 15 is 0 Å². The van der Waals surface area contributed by atoms with Crippen LogP contribution in [0.2, 0.25) is 0 Å². The number of carbonyl (C=O) groups excluding carboxylic acids is 1. The Balaban J connectivity index is 4.61. The molecule has 0 heterocycles. The second kappa shape index (κ2) is 9.88. The van der Waals surface area contributed by atoms with Gasteiger partial charge in [-0.3, -0.25) is 20.2 Å². The van der Waals surface area contributed by atoms with Crippen molar-refractivity contribution in [1.82, 2.24) is 0 Å². The fraction of sp³-hybridized carbons (Fsp3) is 0.750. The van der Waals surface area contributed by atoms with Gasteiger partial charge < -0.3 is 4.74 Å². The molecule has 0 radical (unpaired) electrons. The first kappa shape index (κ1) is 18.0. The van der Waals surface area contributed by atoms with Gasteiger partial charge in [0.1, 0.15) is 6.10 Å². The van der Waals surface area contributed by atoms with Crippen LogP contribution in [0.15, 0.2) is 11.8 Å². The van der Waals surface area contributed by atoms with E-state index in [0.717, 1.165) is 19.3 Å². The normalized spacial score (nSPS) is 12.8. The molecule has 0 saturated carbocycles. The van der Waals surface area contributed by atoms with Crippen molar-refractivity contribution >= 4 is 5.97 Å². The molecule has 1 unspecified atom stereocenters. The lowest BCUT2D eigenvalue weighted by Gasteiger charge is -2.14. The summed E-state index contributed by atoms with van der Waals surface area (Å²) in [5, 5.41) is 20.9. The maximum Gasteiger partial charge on any atom is 0.410 e. The molecule has 8 nitrogen and oxygen atoms in total. The molecule has 0 rings (SSSR count). The van der Waals surface area contributed by atoms with E-state index in [2.05, 4.69) is 0 Å². The SMILES string of the molecule is CCCCCC(CC)OC(=O)/C(=C\C[N+](=O)[O-])[N+](=O)[O-]. The van der Waals surface area contributed by atoms with Crippen molar-refractivity contribution in [3.63, 3.8) is 0 Å². The number of nitrogens with zero attached hydrogens (tertiary/aromatic N) is 2. The zero-order chi connectivity index (χ0) is 15.5. The van der Waals surface area contributed by atoms with E-state index in [1.165, 1.54) is 0 Å². The molecule has 0 aliphatic heterocycles. The Kier molecular flexibility index (Phi) is 8.89. The summed E-state index contributed by atoms with van der Waals surface area (Å²) in [6.07, 6.45) is 4.34. The van der Waals surface area contributed by atoms with E-state index in [9.17, 15) is 25.0 Å². The number of unbranched alkanes of at least 4 members (excludes halogenated alkanes) is 2. The standard InChI is InChI=1S/C12H20N2O6/c1-3-5-6-7-10(4-2)20-12(15)11(14(18)19)8-9-13(16)17/h8,10H,3-7,9H2,1-2H3/b11-8+. The van der Waals surface area contributed by atoms with E-state index in [0.29, 0.717) is 18.9 Å². The van der Waals surface area contributed by atoms with Gasteiger partial charge in [-0.15, -0.1) is 0 Å². The van der Waals surface area contributed by atoms with Gasteiger partial charge >= 0.3 is 11.7 Å². The second-order valence-electron chi connectivity index (χ2n) is 4.29. The molecular formula is C12H20N2O6. The predicted octanol–water partition coefficient (Wildman–Crippen LogP) is 2.33. The average Bonchev–Trinajstić information content (AvgIpc) is 2.37. The van der Waals surface area contributed by atoms with Gasteiger partial charge in [-0.2, -0.15) is 0 Å². The molecule has 8 heteroatoms. The summed E-state index contributed by atoms with van der Waals surface area (Å²) < 4.78 is 5.03. The fourth-order valence-corrected chi connectivity index (χ4v) is 1.57. The van der Waals surface area contributed by atoms with Gasteiger partial charge in [0, 0.05) is 4.92 Å². The van der Waals surface area contributed by atoms with Gasteiger partial charge in [0.15, 0.2) is 0 Å². The minimum absolute atomic E-state index is 0.395. The Morgan fingerprint density at radius 3 is 2.35 bits per heavy atom. The molecule has 0 saturated heterocycles. The van der Waals surface area contributed by atoms with Crippen molar-refractivity contribution in [3.8, 4) is 0 Å². The molecule has 0 N–H and O–H groups in total. The van der Waals surface area contributed by atoms with Crippen molar-refractivity contribution in [2.75, 3.05) is 6.54 Å². The Morgan fingerprint density at radius 2 is 1.90 bits per heavy atom. The maximum absolute atomic E-state index is 11.6. The lowest BCUT2D eigenvalue weighted by molar-refractivity contribution is -0.472. The first-order chi connectivity index (χ1) is 9.42. The first-order valence-electron chi connectivity index (χ1n) is 6.59. The monoisotopic (exact) mass is 288 g/mol. The van der Waals surface area contributed by atoms with Crippen molar-refractivity contribution in [1.29, 1.82) is 0 Å². The van der Waals surface area contributed by atoms with Crippen molar-refractivity contribution in [2.45, 2.75) is 52.1 Å². The number of esters is 1. The van der Waals surface area contributed by atoms with E-state index in [4.69, 9.17) is 4.74 Å². The molecule has 0 fully saturated rings. The van der Waals surface area contributed by atoms with Gasteiger partial charge in [0.25, 0.3) is 0 Å². The highest BCUT2D eigenvalue weighted by atomic mass is 16.6. The number of carbonyl (C=O) groups is 1. The lowest BCUT2D eigenvalue weighted by Crippen LogP contribution is -2.22. The molecule has 20 heavy (non-hydrogen) atoms. The summed E-state index contributed by atoms with van der Waals surface area (Å²) >= 11 is 0. The molecule has 0 spiro atoms. The third kappa shape index (κ3) is 7.45. The number of ether oxygens (including phenoxy) is 1. The van der Waals surface area contributed by atoms with Gasteiger partial charge in [0.2, 0.25) is 6.54 Å². The maximum atomic E-state index is 11.6. The Morgan fingerprint density at radius 1 is 1.25 bits per heavy atom. The van der Waals surface area contributed by atoms with Crippen LogP contribution in [0.5, 0.6) is 0 Å². The van der Waals surface area contributed by atoms with Crippen LogP contribution in [-0.4, -0.2) is 28.5 Å². The minimum atomic E-state index is -1.11. The Bertz CT molecular complexity index is 380. The Labute approximate surface area is 117 Å². The summed E-state index contributed by atoms with van der Waals surface area (Å²) in [5.74, 6) is -1.11.